The molecule has 2 atom stereocenters. The van der Waals surface area contributed by atoms with Gasteiger partial charge < -0.3 is 5.32 Å². The maximum absolute atomic E-state index is 13.5. The summed E-state index contributed by atoms with van der Waals surface area (Å²) in [6, 6.07) is 6.28. The first-order valence-corrected chi connectivity index (χ1v) is 11.6. The number of halogens is 1. The highest BCUT2D eigenvalue weighted by Crippen LogP contribution is 2.29. The van der Waals surface area contributed by atoms with Crippen LogP contribution < -0.4 is 5.32 Å². The summed E-state index contributed by atoms with van der Waals surface area (Å²) in [5, 5.41) is 12.2. The van der Waals surface area contributed by atoms with Crippen LogP contribution in [0.25, 0.3) is 5.69 Å². The number of benzene rings is 1. The summed E-state index contributed by atoms with van der Waals surface area (Å²) in [5.41, 5.74) is 0.780. The minimum Gasteiger partial charge on any atom is -0.355 e. The number of carbonyl (C=O) groups excluding carboxylic acids is 1. The van der Waals surface area contributed by atoms with Gasteiger partial charge in [0.1, 0.15) is 5.82 Å². The van der Waals surface area contributed by atoms with Crippen LogP contribution in [0.5, 0.6) is 0 Å². The molecule has 8 heteroatoms. The highest BCUT2D eigenvalue weighted by molar-refractivity contribution is 8.00. The number of thioether (sulfide) groups is 1. The van der Waals surface area contributed by atoms with Crippen LogP contribution in [0, 0.1) is 11.7 Å². The summed E-state index contributed by atoms with van der Waals surface area (Å²) in [4.78, 5) is 14.7. The number of carbonyl (C=O) groups is 1. The van der Waals surface area contributed by atoms with Gasteiger partial charge in [-0.3, -0.25) is 14.3 Å². The molecule has 1 saturated carbocycles. The lowest BCUT2D eigenvalue weighted by Crippen LogP contribution is -2.35. The van der Waals surface area contributed by atoms with Crippen LogP contribution in [0.4, 0.5) is 4.39 Å². The smallest absolute Gasteiger partial charge is 0.233 e. The summed E-state index contributed by atoms with van der Waals surface area (Å²) >= 11 is 1.38. The number of hydrogen-bond acceptors (Lipinski definition) is 5. The van der Waals surface area contributed by atoms with Crippen LogP contribution in [0.1, 0.15) is 57.8 Å². The fourth-order valence-electron chi connectivity index (χ4n) is 3.68. The van der Waals surface area contributed by atoms with Crippen molar-refractivity contribution in [1.29, 1.82) is 0 Å². The Hall–Kier alpha value is -1.93. The van der Waals surface area contributed by atoms with Crippen molar-refractivity contribution in [2.75, 3.05) is 20.6 Å². The Labute approximate surface area is 182 Å². The standard InChI is InChI=1S/C22H32FN5OS/c1-15(27(3)4)20-25-26-22(28(20)19-12-10-18(23)11-13-19)30-16(2)21(29)24-14-17-8-6-5-7-9-17/h10-13,15-17H,5-9,14H2,1-4H3,(H,24,29)/t15-,16+/m1/s1. The predicted octanol–water partition coefficient (Wildman–Crippen LogP) is 4.21. The van der Waals surface area contributed by atoms with Crippen LogP contribution >= 0.6 is 11.8 Å². The van der Waals surface area contributed by atoms with Crippen molar-refractivity contribution in [3.8, 4) is 5.69 Å². The molecular formula is C22H32FN5OS. The second-order valence-electron chi connectivity index (χ2n) is 8.30. The van der Waals surface area contributed by atoms with Crippen molar-refractivity contribution < 1.29 is 9.18 Å². The van der Waals surface area contributed by atoms with Crippen molar-refractivity contribution in [2.45, 2.75) is 62.4 Å². The van der Waals surface area contributed by atoms with Gasteiger partial charge in [0.25, 0.3) is 0 Å². The van der Waals surface area contributed by atoms with E-state index in [0.717, 1.165) is 18.1 Å². The van der Waals surface area contributed by atoms with Crippen LogP contribution in [-0.2, 0) is 4.79 Å². The zero-order valence-electron chi connectivity index (χ0n) is 18.3. The third-order valence-electron chi connectivity index (χ3n) is 5.83. The molecule has 0 radical (unpaired) electrons. The Bertz CT molecular complexity index is 833. The number of aromatic nitrogens is 3. The molecule has 3 rings (SSSR count). The molecule has 0 saturated heterocycles. The maximum atomic E-state index is 13.5. The molecule has 0 aliphatic heterocycles. The molecule has 6 nitrogen and oxygen atoms in total. The predicted molar refractivity (Wildman–Crippen MR) is 118 cm³/mol. The largest absolute Gasteiger partial charge is 0.355 e. The lowest BCUT2D eigenvalue weighted by atomic mass is 9.89. The molecule has 1 aliphatic rings. The lowest BCUT2D eigenvalue weighted by molar-refractivity contribution is -0.120. The van der Waals surface area contributed by atoms with E-state index in [0.29, 0.717) is 11.1 Å². The van der Waals surface area contributed by atoms with E-state index in [1.54, 1.807) is 12.1 Å². The van der Waals surface area contributed by atoms with Gasteiger partial charge in [0.2, 0.25) is 5.91 Å². The Kier molecular flexibility index (Phi) is 7.88. The van der Waals surface area contributed by atoms with Crippen molar-refractivity contribution in [2.24, 2.45) is 5.92 Å². The van der Waals surface area contributed by atoms with Crippen molar-refractivity contribution in [1.82, 2.24) is 25.0 Å². The SMILES string of the molecule is C[C@H](Sc1nnc([C@@H](C)N(C)C)n1-c1ccc(F)cc1)C(=O)NCC1CCCCC1. The van der Waals surface area contributed by atoms with E-state index in [9.17, 15) is 9.18 Å². The van der Waals surface area contributed by atoms with Crippen LogP contribution in [0.15, 0.2) is 29.4 Å². The van der Waals surface area contributed by atoms with E-state index in [1.807, 2.05) is 37.4 Å². The number of hydrogen-bond donors (Lipinski definition) is 1. The minimum absolute atomic E-state index is 0.00679. The average molecular weight is 434 g/mol. The molecule has 1 aromatic heterocycles. The summed E-state index contributed by atoms with van der Waals surface area (Å²) in [6.45, 7) is 4.68. The highest BCUT2D eigenvalue weighted by Gasteiger charge is 2.25. The third kappa shape index (κ3) is 5.60. The van der Waals surface area contributed by atoms with Crippen LogP contribution in [-0.4, -0.2) is 51.5 Å². The number of nitrogens with zero attached hydrogens (tertiary/aromatic N) is 4. The second kappa shape index (κ2) is 10.4. The van der Waals surface area contributed by atoms with Gasteiger partial charge in [-0.2, -0.15) is 0 Å². The minimum atomic E-state index is -0.306. The summed E-state index contributed by atoms with van der Waals surface area (Å²) in [6.07, 6.45) is 6.24. The summed E-state index contributed by atoms with van der Waals surface area (Å²) < 4.78 is 15.4. The molecule has 1 N–H and O–H groups in total. The molecule has 164 valence electrons. The van der Waals surface area contributed by atoms with E-state index in [-0.39, 0.29) is 23.0 Å². The zero-order chi connectivity index (χ0) is 21.7. The van der Waals surface area contributed by atoms with Gasteiger partial charge >= 0.3 is 0 Å². The second-order valence-corrected chi connectivity index (χ2v) is 9.61. The first-order chi connectivity index (χ1) is 14.4. The summed E-state index contributed by atoms with van der Waals surface area (Å²) in [7, 11) is 3.95. The molecular weight excluding hydrogens is 401 g/mol. The third-order valence-corrected chi connectivity index (χ3v) is 6.88. The highest BCUT2D eigenvalue weighted by atomic mass is 32.2. The average Bonchev–Trinajstić information content (AvgIpc) is 3.15. The Balaban J connectivity index is 1.75. The van der Waals surface area contributed by atoms with E-state index in [2.05, 4.69) is 15.5 Å². The van der Waals surface area contributed by atoms with Gasteiger partial charge in [-0.1, -0.05) is 31.0 Å². The molecule has 1 amide bonds. The fraction of sp³-hybridized carbons (Fsp3) is 0.591. The van der Waals surface area contributed by atoms with Crippen molar-refractivity contribution in [3.05, 3.63) is 35.9 Å². The quantitative estimate of drug-likeness (QED) is 0.632. The topological polar surface area (TPSA) is 63.1 Å². The van der Waals surface area contributed by atoms with Gasteiger partial charge in [-0.25, -0.2) is 4.39 Å². The Morgan fingerprint density at radius 3 is 2.50 bits per heavy atom. The number of amides is 1. The monoisotopic (exact) mass is 433 g/mol. The van der Waals surface area contributed by atoms with Crippen molar-refractivity contribution >= 4 is 17.7 Å². The van der Waals surface area contributed by atoms with Gasteiger partial charge in [0.15, 0.2) is 11.0 Å². The molecule has 1 aromatic carbocycles. The van der Waals surface area contributed by atoms with Crippen LogP contribution in [0.2, 0.25) is 0 Å². The molecule has 1 fully saturated rings. The van der Waals surface area contributed by atoms with Crippen LogP contribution in [0.3, 0.4) is 0 Å². The van der Waals surface area contributed by atoms with Gasteiger partial charge in [-0.05, 0) is 71.0 Å². The number of nitrogens with one attached hydrogen (secondary N) is 1. The molecule has 0 spiro atoms. The van der Waals surface area contributed by atoms with Gasteiger partial charge in [0.05, 0.1) is 11.3 Å². The molecule has 1 heterocycles. The first-order valence-electron chi connectivity index (χ1n) is 10.7. The fourth-order valence-corrected chi connectivity index (χ4v) is 4.58. The lowest BCUT2D eigenvalue weighted by Gasteiger charge is -2.23. The van der Waals surface area contributed by atoms with Gasteiger partial charge in [-0.15, -0.1) is 10.2 Å². The summed E-state index contributed by atoms with van der Waals surface area (Å²) in [5.74, 6) is 1.07. The van der Waals surface area contributed by atoms with E-state index < -0.39 is 0 Å². The Morgan fingerprint density at radius 2 is 1.87 bits per heavy atom. The normalized spacial score (nSPS) is 17.1. The van der Waals surface area contributed by atoms with Crippen molar-refractivity contribution in [3.63, 3.8) is 0 Å². The molecule has 2 aromatic rings. The molecule has 1 aliphatic carbocycles. The Morgan fingerprint density at radius 1 is 1.20 bits per heavy atom. The molecule has 30 heavy (non-hydrogen) atoms. The van der Waals surface area contributed by atoms with Gasteiger partial charge in [0, 0.05) is 12.2 Å². The van der Waals surface area contributed by atoms with E-state index in [4.69, 9.17) is 0 Å². The zero-order valence-corrected chi connectivity index (χ0v) is 19.1. The first kappa shape index (κ1) is 22.7. The molecule has 0 bridgehead atoms. The van der Waals surface area contributed by atoms with E-state index in [1.165, 1.54) is 56.0 Å². The maximum Gasteiger partial charge on any atom is 0.233 e. The molecule has 0 unspecified atom stereocenters. The van der Waals surface area contributed by atoms with E-state index >= 15 is 0 Å². The number of rotatable bonds is 8.